The molecule has 1 atom stereocenters. The Kier molecular flexibility index (Phi) is 8.82. The molecule has 1 saturated heterocycles. The predicted octanol–water partition coefficient (Wildman–Crippen LogP) is 0.849. The Morgan fingerprint density at radius 2 is 2.20 bits per heavy atom. The number of amides is 1. The summed E-state index contributed by atoms with van der Waals surface area (Å²) in [4.78, 5) is 14.3. The molecule has 1 heterocycles. The molecule has 1 unspecified atom stereocenters. The molecule has 1 amide bonds. The average Bonchev–Trinajstić information content (AvgIpc) is 2.43. The lowest BCUT2D eigenvalue weighted by Gasteiger charge is -2.35. The topological polar surface area (TPSA) is 53.6 Å². The van der Waals surface area contributed by atoms with Gasteiger partial charge in [-0.25, -0.2) is 0 Å². The number of likely N-dealkylation sites (tertiary alicyclic amines) is 1. The second-order valence-electron chi connectivity index (χ2n) is 6.01. The Hall–Kier alpha value is -0.650. The predicted molar refractivity (Wildman–Crippen MR) is 81.8 cm³/mol. The van der Waals surface area contributed by atoms with E-state index in [1.54, 1.807) is 7.11 Å². The average molecular weight is 285 g/mol. The second-order valence-corrected chi connectivity index (χ2v) is 6.01. The van der Waals surface area contributed by atoms with Gasteiger partial charge in [-0.15, -0.1) is 0 Å². The Morgan fingerprint density at radius 1 is 1.40 bits per heavy atom. The number of rotatable bonds is 9. The van der Waals surface area contributed by atoms with Crippen LogP contribution in [0, 0.1) is 5.92 Å². The van der Waals surface area contributed by atoms with E-state index in [0.29, 0.717) is 18.5 Å². The lowest BCUT2D eigenvalue weighted by Crippen LogP contribution is -2.50. The summed E-state index contributed by atoms with van der Waals surface area (Å²) in [5, 5.41) is 6.42. The summed E-state index contributed by atoms with van der Waals surface area (Å²) in [7, 11) is 1.72. The summed E-state index contributed by atoms with van der Waals surface area (Å²) in [6.45, 7) is 9.12. The first-order valence-corrected chi connectivity index (χ1v) is 7.84. The number of piperidine rings is 1. The van der Waals surface area contributed by atoms with E-state index < -0.39 is 0 Å². The molecule has 1 fully saturated rings. The van der Waals surface area contributed by atoms with Gasteiger partial charge in [-0.1, -0.05) is 20.3 Å². The largest absolute Gasteiger partial charge is 0.383 e. The van der Waals surface area contributed by atoms with Crippen molar-refractivity contribution in [2.45, 2.75) is 39.2 Å². The van der Waals surface area contributed by atoms with E-state index in [-0.39, 0.29) is 5.91 Å². The highest BCUT2D eigenvalue weighted by Gasteiger charge is 2.23. The minimum atomic E-state index is 0.155. The number of hydrogen-bond acceptors (Lipinski definition) is 4. The van der Waals surface area contributed by atoms with Crippen molar-refractivity contribution in [2.24, 2.45) is 5.92 Å². The van der Waals surface area contributed by atoms with Gasteiger partial charge < -0.3 is 15.4 Å². The highest BCUT2D eigenvalue weighted by molar-refractivity contribution is 5.78. The van der Waals surface area contributed by atoms with Crippen LogP contribution in [0.25, 0.3) is 0 Å². The summed E-state index contributed by atoms with van der Waals surface area (Å²) in [5.74, 6) is 0.661. The van der Waals surface area contributed by atoms with Crippen LogP contribution >= 0.6 is 0 Å². The molecule has 0 aromatic carbocycles. The maximum Gasteiger partial charge on any atom is 0.234 e. The molecule has 0 aromatic rings. The molecule has 20 heavy (non-hydrogen) atoms. The van der Waals surface area contributed by atoms with E-state index in [4.69, 9.17) is 4.74 Å². The van der Waals surface area contributed by atoms with Crippen molar-refractivity contribution in [3.63, 3.8) is 0 Å². The first kappa shape index (κ1) is 17.4. The number of methoxy groups -OCH3 is 1. The number of carbonyl (C=O) groups excluding carboxylic acids is 1. The Bertz CT molecular complexity index is 272. The van der Waals surface area contributed by atoms with E-state index in [1.807, 2.05) is 0 Å². The molecular formula is C15H31N3O2. The summed E-state index contributed by atoms with van der Waals surface area (Å²) >= 11 is 0. The first-order chi connectivity index (χ1) is 9.63. The van der Waals surface area contributed by atoms with Gasteiger partial charge in [0.1, 0.15) is 0 Å². The van der Waals surface area contributed by atoms with Crippen LogP contribution < -0.4 is 10.6 Å². The van der Waals surface area contributed by atoms with E-state index in [0.717, 1.165) is 32.8 Å². The standard InChI is InChI=1S/C15H31N3O2/c1-13(2)10-17-15(19)12-18-8-5-4-6-14(18)11-16-7-9-20-3/h13-14,16H,4-12H2,1-3H3,(H,17,19). The summed E-state index contributed by atoms with van der Waals surface area (Å²) < 4.78 is 5.04. The van der Waals surface area contributed by atoms with Gasteiger partial charge in [0.2, 0.25) is 5.91 Å². The maximum absolute atomic E-state index is 11.9. The van der Waals surface area contributed by atoms with Gasteiger partial charge in [0.05, 0.1) is 13.2 Å². The van der Waals surface area contributed by atoms with Crippen LogP contribution in [-0.4, -0.2) is 63.3 Å². The van der Waals surface area contributed by atoms with E-state index >= 15 is 0 Å². The van der Waals surface area contributed by atoms with Crippen LogP contribution in [0.2, 0.25) is 0 Å². The molecule has 5 nitrogen and oxygen atoms in total. The minimum Gasteiger partial charge on any atom is -0.383 e. The molecule has 1 aliphatic rings. The molecule has 118 valence electrons. The first-order valence-electron chi connectivity index (χ1n) is 7.84. The summed E-state index contributed by atoms with van der Waals surface area (Å²) in [5.41, 5.74) is 0. The zero-order valence-corrected chi connectivity index (χ0v) is 13.3. The number of ether oxygens (including phenoxy) is 1. The van der Waals surface area contributed by atoms with Crippen LogP contribution in [0.5, 0.6) is 0 Å². The third-order valence-electron chi connectivity index (χ3n) is 3.67. The number of nitrogens with one attached hydrogen (secondary N) is 2. The molecule has 0 saturated carbocycles. The van der Waals surface area contributed by atoms with Crippen molar-refractivity contribution in [3.8, 4) is 0 Å². The van der Waals surface area contributed by atoms with Crippen molar-refractivity contribution in [1.29, 1.82) is 0 Å². The van der Waals surface area contributed by atoms with Crippen molar-refractivity contribution in [1.82, 2.24) is 15.5 Å². The second kappa shape index (κ2) is 10.1. The van der Waals surface area contributed by atoms with Gasteiger partial charge in [0, 0.05) is 32.8 Å². The fourth-order valence-electron chi connectivity index (χ4n) is 2.50. The van der Waals surface area contributed by atoms with Gasteiger partial charge in [-0.3, -0.25) is 9.69 Å². The van der Waals surface area contributed by atoms with Gasteiger partial charge in [0.25, 0.3) is 0 Å². The van der Waals surface area contributed by atoms with Crippen molar-refractivity contribution >= 4 is 5.91 Å². The van der Waals surface area contributed by atoms with Crippen LogP contribution in [0.1, 0.15) is 33.1 Å². The molecule has 5 heteroatoms. The molecular weight excluding hydrogens is 254 g/mol. The summed E-state index contributed by atoms with van der Waals surface area (Å²) in [6, 6.07) is 0.477. The number of carbonyl (C=O) groups is 1. The molecule has 1 aliphatic heterocycles. The SMILES string of the molecule is COCCNCC1CCCCN1CC(=O)NCC(C)C. The minimum absolute atomic E-state index is 0.155. The van der Waals surface area contributed by atoms with Gasteiger partial charge in [-0.05, 0) is 25.3 Å². The van der Waals surface area contributed by atoms with Crippen LogP contribution in [0.15, 0.2) is 0 Å². The fourth-order valence-corrected chi connectivity index (χ4v) is 2.50. The van der Waals surface area contributed by atoms with Crippen molar-refractivity contribution in [3.05, 3.63) is 0 Å². The molecule has 0 aliphatic carbocycles. The number of nitrogens with zero attached hydrogens (tertiary/aromatic N) is 1. The highest BCUT2D eigenvalue weighted by atomic mass is 16.5. The monoisotopic (exact) mass is 285 g/mol. The normalized spacial score (nSPS) is 20.3. The Morgan fingerprint density at radius 3 is 2.90 bits per heavy atom. The third kappa shape index (κ3) is 7.22. The molecule has 0 bridgehead atoms. The van der Waals surface area contributed by atoms with E-state index in [1.165, 1.54) is 19.3 Å². The fraction of sp³-hybridized carbons (Fsp3) is 0.933. The van der Waals surface area contributed by atoms with Crippen molar-refractivity contribution in [2.75, 3.05) is 46.4 Å². The molecule has 1 rings (SSSR count). The zero-order valence-electron chi connectivity index (χ0n) is 13.3. The maximum atomic E-state index is 11.9. The molecule has 0 radical (unpaired) electrons. The molecule has 0 spiro atoms. The highest BCUT2D eigenvalue weighted by Crippen LogP contribution is 2.15. The zero-order chi connectivity index (χ0) is 14.8. The quantitative estimate of drug-likeness (QED) is 0.617. The Balaban J connectivity index is 2.29. The Labute approximate surface area is 123 Å². The lowest BCUT2D eigenvalue weighted by molar-refractivity contribution is -0.123. The van der Waals surface area contributed by atoms with Gasteiger partial charge >= 0.3 is 0 Å². The molecule has 2 N–H and O–H groups in total. The van der Waals surface area contributed by atoms with E-state index in [9.17, 15) is 4.79 Å². The van der Waals surface area contributed by atoms with Crippen molar-refractivity contribution < 1.29 is 9.53 Å². The van der Waals surface area contributed by atoms with Crippen LogP contribution in [0.3, 0.4) is 0 Å². The number of hydrogen-bond donors (Lipinski definition) is 2. The van der Waals surface area contributed by atoms with Gasteiger partial charge in [0.15, 0.2) is 0 Å². The summed E-state index contributed by atoms with van der Waals surface area (Å²) in [6.07, 6.45) is 3.64. The van der Waals surface area contributed by atoms with Crippen LogP contribution in [-0.2, 0) is 9.53 Å². The van der Waals surface area contributed by atoms with E-state index in [2.05, 4.69) is 29.4 Å². The van der Waals surface area contributed by atoms with Crippen LogP contribution in [0.4, 0.5) is 0 Å². The third-order valence-corrected chi connectivity index (χ3v) is 3.67. The lowest BCUT2D eigenvalue weighted by atomic mass is 10.0. The van der Waals surface area contributed by atoms with Gasteiger partial charge in [-0.2, -0.15) is 0 Å². The smallest absolute Gasteiger partial charge is 0.234 e. The molecule has 0 aromatic heterocycles.